The molecule has 3 aromatic rings. The molecule has 1 saturated heterocycles. The number of aromatic nitrogens is 4. The minimum absolute atomic E-state index is 0.129. The van der Waals surface area contributed by atoms with Gasteiger partial charge in [-0.1, -0.05) is 12.1 Å². The lowest BCUT2D eigenvalue weighted by molar-refractivity contribution is -0.118. The number of fused-ring (bicyclic) bond motifs is 1. The van der Waals surface area contributed by atoms with E-state index in [4.69, 9.17) is 0 Å². The third-order valence-corrected chi connectivity index (χ3v) is 4.51. The quantitative estimate of drug-likeness (QED) is 0.727. The van der Waals surface area contributed by atoms with Crippen molar-refractivity contribution in [2.24, 2.45) is 0 Å². The molecule has 1 aromatic carbocycles. The van der Waals surface area contributed by atoms with Gasteiger partial charge in [0.05, 0.1) is 5.69 Å². The second-order valence-electron chi connectivity index (χ2n) is 6.08. The molecule has 0 saturated carbocycles. The third-order valence-electron chi connectivity index (χ3n) is 4.51. The first kappa shape index (κ1) is 15.5. The molecule has 1 aliphatic rings. The monoisotopic (exact) mass is 340 g/mol. The zero-order valence-corrected chi connectivity index (χ0v) is 13.9. The Hall–Kier alpha value is -3.03. The molecule has 1 unspecified atom stereocenters. The van der Waals surface area contributed by atoms with Crippen LogP contribution in [0.4, 0.5) is 15.9 Å². The van der Waals surface area contributed by atoms with Crippen LogP contribution in [0.5, 0.6) is 0 Å². The number of benzene rings is 1. The molecule has 1 atom stereocenters. The topological polar surface area (TPSA) is 66.6 Å². The summed E-state index contributed by atoms with van der Waals surface area (Å²) in [7, 11) is 1.84. The molecule has 7 nitrogen and oxygen atoms in total. The fraction of sp³-hybridized carbons (Fsp3) is 0.294. The van der Waals surface area contributed by atoms with Crippen LogP contribution in [-0.2, 0) is 4.79 Å². The Labute approximate surface area is 143 Å². The standard InChI is InChI=1S/C17H17FN6O/c1-11-9-15(24-17(21-11)19-10-20-24)22(2)14-7-8-23(16(14)25)13-6-4-3-5-12(13)18/h3-6,9-10,14H,7-8H2,1-2H3. The van der Waals surface area contributed by atoms with Gasteiger partial charge in [-0.05, 0) is 25.5 Å². The van der Waals surface area contributed by atoms with Gasteiger partial charge in [0.2, 0.25) is 5.91 Å². The second kappa shape index (κ2) is 5.80. The zero-order chi connectivity index (χ0) is 17.6. The average Bonchev–Trinajstić information content (AvgIpc) is 3.20. The molecule has 0 N–H and O–H groups in total. The number of hydrogen-bond acceptors (Lipinski definition) is 5. The van der Waals surface area contributed by atoms with Gasteiger partial charge >= 0.3 is 0 Å². The Morgan fingerprint density at radius 1 is 1.32 bits per heavy atom. The van der Waals surface area contributed by atoms with Crippen molar-refractivity contribution in [2.75, 3.05) is 23.4 Å². The van der Waals surface area contributed by atoms with Crippen molar-refractivity contribution < 1.29 is 9.18 Å². The van der Waals surface area contributed by atoms with Crippen molar-refractivity contribution in [3.05, 3.63) is 48.2 Å². The molecule has 128 valence electrons. The number of anilines is 2. The summed E-state index contributed by atoms with van der Waals surface area (Å²) in [6.45, 7) is 2.34. The Morgan fingerprint density at radius 3 is 2.92 bits per heavy atom. The van der Waals surface area contributed by atoms with Gasteiger partial charge in [-0.15, -0.1) is 0 Å². The first-order chi connectivity index (χ1) is 12.1. The fourth-order valence-corrected chi connectivity index (χ4v) is 3.26. The van der Waals surface area contributed by atoms with Crippen molar-refractivity contribution in [2.45, 2.75) is 19.4 Å². The largest absolute Gasteiger partial charge is 0.347 e. The van der Waals surface area contributed by atoms with Crippen LogP contribution in [0.3, 0.4) is 0 Å². The zero-order valence-electron chi connectivity index (χ0n) is 13.9. The van der Waals surface area contributed by atoms with Crippen molar-refractivity contribution in [1.29, 1.82) is 0 Å². The lowest BCUT2D eigenvalue weighted by Gasteiger charge is -2.26. The van der Waals surface area contributed by atoms with Crippen LogP contribution in [0.15, 0.2) is 36.7 Å². The van der Waals surface area contributed by atoms with Gasteiger partial charge in [-0.3, -0.25) is 4.79 Å². The molecule has 0 aliphatic carbocycles. The molecular weight excluding hydrogens is 323 g/mol. The predicted molar refractivity (Wildman–Crippen MR) is 91.1 cm³/mol. The summed E-state index contributed by atoms with van der Waals surface area (Å²) in [5.41, 5.74) is 1.11. The van der Waals surface area contributed by atoms with Crippen LogP contribution >= 0.6 is 0 Å². The molecule has 1 fully saturated rings. The van der Waals surface area contributed by atoms with Gasteiger partial charge in [0, 0.05) is 25.4 Å². The highest BCUT2D eigenvalue weighted by Crippen LogP contribution is 2.28. The summed E-state index contributed by atoms with van der Waals surface area (Å²) < 4.78 is 15.7. The lowest BCUT2D eigenvalue weighted by atomic mass is 10.2. The van der Waals surface area contributed by atoms with Crippen LogP contribution in [0.2, 0.25) is 0 Å². The van der Waals surface area contributed by atoms with Crippen LogP contribution in [-0.4, -0.2) is 45.1 Å². The average molecular weight is 340 g/mol. The summed E-state index contributed by atoms with van der Waals surface area (Å²) in [6.07, 6.45) is 2.03. The van der Waals surface area contributed by atoms with Crippen molar-refractivity contribution in [3.63, 3.8) is 0 Å². The Bertz CT molecular complexity index is 955. The highest BCUT2D eigenvalue weighted by molar-refractivity contribution is 6.01. The van der Waals surface area contributed by atoms with Crippen LogP contribution < -0.4 is 9.80 Å². The lowest BCUT2D eigenvalue weighted by Crippen LogP contribution is -2.41. The Morgan fingerprint density at radius 2 is 2.12 bits per heavy atom. The van der Waals surface area contributed by atoms with Crippen molar-refractivity contribution in [3.8, 4) is 0 Å². The summed E-state index contributed by atoms with van der Waals surface area (Å²) in [6, 6.07) is 7.81. The molecule has 2 aromatic heterocycles. The van der Waals surface area contributed by atoms with Crippen LogP contribution in [0.1, 0.15) is 12.1 Å². The number of carbonyl (C=O) groups excluding carboxylic acids is 1. The highest BCUT2D eigenvalue weighted by Gasteiger charge is 2.37. The number of aryl methyl sites for hydroxylation is 1. The molecule has 8 heteroatoms. The summed E-state index contributed by atoms with van der Waals surface area (Å²) >= 11 is 0. The number of para-hydroxylation sites is 1. The van der Waals surface area contributed by atoms with Gasteiger partial charge in [0.15, 0.2) is 0 Å². The summed E-state index contributed by atoms with van der Waals surface area (Å²) in [4.78, 5) is 24.7. The number of carbonyl (C=O) groups is 1. The minimum atomic E-state index is -0.395. The van der Waals surface area contributed by atoms with E-state index in [1.807, 2.05) is 24.9 Å². The first-order valence-electron chi connectivity index (χ1n) is 8.02. The van der Waals surface area contributed by atoms with E-state index in [1.165, 1.54) is 17.3 Å². The van der Waals surface area contributed by atoms with E-state index in [9.17, 15) is 9.18 Å². The van der Waals surface area contributed by atoms with Gasteiger partial charge in [-0.2, -0.15) is 14.6 Å². The first-order valence-corrected chi connectivity index (χ1v) is 8.02. The van der Waals surface area contributed by atoms with Gasteiger partial charge in [0.25, 0.3) is 5.78 Å². The van der Waals surface area contributed by atoms with Gasteiger partial charge in [0.1, 0.15) is 24.0 Å². The maximum Gasteiger partial charge on any atom is 0.254 e. The minimum Gasteiger partial charge on any atom is -0.347 e. The maximum absolute atomic E-state index is 14.0. The van der Waals surface area contributed by atoms with Crippen LogP contribution in [0, 0.1) is 12.7 Å². The SMILES string of the molecule is Cc1cc(N(C)C2CCN(c3ccccc3F)C2=O)n2ncnc2n1. The smallest absolute Gasteiger partial charge is 0.254 e. The van der Waals surface area contributed by atoms with Crippen molar-refractivity contribution >= 4 is 23.2 Å². The molecule has 25 heavy (non-hydrogen) atoms. The van der Waals surface area contributed by atoms with E-state index in [-0.39, 0.29) is 5.91 Å². The van der Waals surface area contributed by atoms with Crippen molar-refractivity contribution in [1.82, 2.24) is 19.6 Å². The van der Waals surface area contributed by atoms with Crippen LogP contribution in [0.25, 0.3) is 5.78 Å². The second-order valence-corrected chi connectivity index (χ2v) is 6.08. The molecule has 3 heterocycles. The molecule has 4 rings (SSSR count). The van der Waals surface area contributed by atoms with E-state index in [0.717, 1.165) is 11.5 Å². The van der Waals surface area contributed by atoms with E-state index in [1.54, 1.807) is 22.7 Å². The highest BCUT2D eigenvalue weighted by atomic mass is 19.1. The Balaban J connectivity index is 1.67. The van der Waals surface area contributed by atoms with E-state index >= 15 is 0 Å². The Kier molecular flexibility index (Phi) is 3.60. The predicted octanol–water partition coefficient (Wildman–Crippen LogP) is 1.81. The normalized spacial score (nSPS) is 17.5. The number of amides is 1. The molecule has 0 bridgehead atoms. The van der Waals surface area contributed by atoms with Gasteiger partial charge < -0.3 is 9.80 Å². The third kappa shape index (κ3) is 2.50. The van der Waals surface area contributed by atoms with E-state index in [2.05, 4.69) is 15.1 Å². The number of likely N-dealkylation sites (N-methyl/N-ethyl adjacent to an activating group) is 1. The van der Waals surface area contributed by atoms with Gasteiger partial charge in [-0.25, -0.2) is 9.37 Å². The van der Waals surface area contributed by atoms with E-state index in [0.29, 0.717) is 24.4 Å². The number of rotatable bonds is 3. The number of hydrogen-bond donors (Lipinski definition) is 0. The number of nitrogens with zero attached hydrogens (tertiary/aromatic N) is 6. The molecule has 0 spiro atoms. The maximum atomic E-state index is 14.0. The molecule has 0 radical (unpaired) electrons. The van der Waals surface area contributed by atoms with E-state index < -0.39 is 11.9 Å². The summed E-state index contributed by atoms with van der Waals surface area (Å²) in [5, 5.41) is 4.19. The number of halogens is 1. The molecular formula is C17H17FN6O. The molecule has 1 amide bonds. The molecule has 1 aliphatic heterocycles. The summed E-state index contributed by atoms with van der Waals surface area (Å²) in [5.74, 6) is 0.694. The fourth-order valence-electron chi connectivity index (χ4n) is 3.26.